The molecule has 0 aliphatic carbocycles. The molecule has 1 aliphatic rings. The SMILES string of the molecule is NC(=S)C1C=N[N+](c2ccccc2C(F)(F)F)=C1. The number of hydrogen-bond donors (Lipinski definition) is 1. The lowest BCUT2D eigenvalue weighted by molar-refractivity contribution is -0.439. The number of thiocarbonyl (C=S) groups is 1. The second-order valence-electron chi connectivity index (χ2n) is 3.70. The van der Waals surface area contributed by atoms with Crippen molar-refractivity contribution in [3.8, 4) is 0 Å². The summed E-state index contributed by atoms with van der Waals surface area (Å²) >= 11 is 4.77. The Kier molecular flexibility index (Phi) is 3.16. The lowest BCUT2D eigenvalue weighted by atomic mass is 10.1. The van der Waals surface area contributed by atoms with Crippen LogP contribution in [-0.4, -0.2) is 22.1 Å². The predicted octanol–water partition coefficient (Wildman–Crippen LogP) is 2.32. The zero-order valence-corrected chi connectivity index (χ0v) is 9.87. The monoisotopic (exact) mass is 272 g/mol. The highest BCUT2D eigenvalue weighted by molar-refractivity contribution is 7.80. The number of halogens is 3. The van der Waals surface area contributed by atoms with Crippen molar-refractivity contribution in [2.24, 2.45) is 16.8 Å². The Morgan fingerprint density at radius 1 is 1.33 bits per heavy atom. The summed E-state index contributed by atoms with van der Waals surface area (Å²) in [6.07, 6.45) is -1.57. The molecule has 7 heteroatoms. The highest BCUT2D eigenvalue weighted by Crippen LogP contribution is 2.36. The van der Waals surface area contributed by atoms with Crippen molar-refractivity contribution in [1.29, 1.82) is 0 Å². The van der Waals surface area contributed by atoms with E-state index in [1.807, 2.05) is 0 Å². The minimum Gasteiger partial charge on any atom is -0.392 e. The third-order valence-corrected chi connectivity index (χ3v) is 2.71. The van der Waals surface area contributed by atoms with E-state index in [-0.39, 0.29) is 10.7 Å². The third kappa shape index (κ3) is 2.40. The highest BCUT2D eigenvalue weighted by Gasteiger charge is 2.38. The minimum absolute atomic E-state index is 0.0417. The van der Waals surface area contributed by atoms with Gasteiger partial charge in [0.1, 0.15) is 11.5 Å². The molecule has 0 aromatic heterocycles. The molecular weight excluding hydrogens is 263 g/mol. The van der Waals surface area contributed by atoms with Gasteiger partial charge >= 0.3 is 6.18 Å². The van der Waals surface area contributed by atoms with Crippen LogP contribution in [0.5, 0.6) is 0 Å². The largest absolute Gasteiger partial charge is 0.422 e. The lowest BCUT2D eigenvalue weighted by Gasteiger charge is -2.06. The van der Waals surface area contributed by atoms with Gasteiger partial charge in [-0.2, -0.15) is 13.2 Å². The molecule has 2 rings (SSSR count). The lowest BCUT2D eigenvalue weighted by Crippen LogP contribution is -2.22. The van der Waals surface area contributed by atoms with E-state index in [0.717, 1.165) is 10.8 Å². The molecule has 0 saturated carbocycles. The molecule has 1 heterocycles. The van der Waals surface area contributed by atoms with E-state index < -0.39 is 17.7 Å². The predicted molar refractivity (Wildman–Crippen MR) is 66.2 cm³/mol. The van der Waals surface area contributed by atoms with Crippen LogP contribution in [0.25, 0.3) is 0 Å². The number of hydrazone groups is 1. The van der Waals surface area contributed by atoms with Crippen LogP contribution in [0.3, 0.4) is 0 Å². The van der Waals surface area contributed by atoms with Crippen LogP contribution in [0.4, 0.5) is 18.9 Å². The number of nitrogens with zero attached hydrogens (tertiary/aromatic N) is 2. The summed E-state index contributed by atoms with van der Waals surface area (Å²) in [5.74, 6) is -0.415. The molecule has 1 unspecified atom stereocenters. The first-order valence-corrected chi connectivity index (χ1v) is 5.44. The molecule has 1 aliphatic heterocycles. The van der Waals surface area contributed by atoms with Crippen molar-refractivity contribution >= 4 is 35.3 Å². The first kappa shape index (κ1) is 12.7. The van der Waals surface area contributed by atoms with E-state index in [9.17, 15) is 13.2 Å². The Balaban J connectivity index is 2.45. The molecule has 0 spiro atoms. The fraction of sp³-hybridized carbons (Fsp3) is 0.182. The molecule has 18 heavy (non-hydrogen) atoms. The fourth-order valence-electron chi connectivity index (χ4n) is 1.58. The van der Waals surface area contributed by atoms with Gasteiger partial charge in [0.25, 0.3) is 0 Å². The van der Waals surface area contributed by atoms with E-state index in [0.29, 0.717) is 0 Å². The van der Waals surface area contributed by atoms with Crippen molar-refractivity contribution in [3.63, 3.8) is 0 Å². The van der Waals surface area contributed by atoms with Crippen molar-refractivity contribution in [3.05, 3.63) is 29.8 Å². The summed E-state index contributed by atoms with van der Waals surface area (Å²) in [6.45, 7) is 0. The van der Waals surface area contributed by atoms with E-state index in [1.54, 1.807) is 0 Å². The summed E-state index contributed by atoms with van der Waals surface area (Å²) < 4.78 is 39.6. The van der Waals surface area contributed by atoms with Crippen LogP contribution >= 0.6 is 12.2 Å². The zero-order chi connectivity index (χ0) is 13.3. The number of hydrogen-bond acceptors (Lipinski definition) is 2. The number of nitrogens with two attached hydrogens (primary N) is 1. The van der Waals surface area contributed by atoms with Gasteiger partial charge in [-0.05, 0) is 11.2 Å². The maximum Gasteiger partial charge on any atom is 0.422 e. The second kappa shape index (κ2) is 4.49. The van der Waals surface area contributed by atoms with Crippen LogP contribution in [0.1, 0.15) is 5.56 Å². The van der Waals surface area contributed by atoms with E-state index in [2.05, 4.69) is 5.10 Å². The van der Waals surface area contributed by atoms with Crippen molar-refractivity contribution in [2.75, 3.05) is 0 Å². The molecule has 2 N–H and O–H groups in total. The van der Waals surface area contributed by atoms with Gasteiger partial charge in [0, 0.05) is 6.07 Å². The standard InChI is InChI=1S/C11H8F3N3S/c12-11(13,14)8-3-1-2-4-9(8)17-6-7(5-16-17)10(15)18/h1-7H,(H-,15,18)/p+1. The summed E-state index contributed by atoms with van der Waals surface area (Å²) in [5.41, 5.74) is 4.63. The number of rotatable bonds is 2. The van der Waals surface area contributed by atoms with Gasteiger partial charge in [-0.15, -0.1) is 0 Å². The van der Waals surface area contributed by atoms with Crippen LogP contribution in [0.2, 0.25) is 0 Å². The van der Waals surface area contributed by atoms with Crippen LogP contribution < -0.4 is 5.73 Å². The highest BCUT2D eigenvalue weighted by atomic mass is 32.1. The number of para-hydroxylation sites is 1. The van der Waals surface area contributed by atoms with E-state index in [1.165, 1.54) is 30.6 Å². The van der Waals surface area contributed by atoms with Gasteiger partial charge in [-0.25, -0.2) is 0 Å². The Morgan fingerprint density at radius 2 is 2.00 bits per heavy atom. The van der Waals surface area contributed by atoms with Crippen LogP contribution in [-0.2, 0) is 6.18 Å². The Morgan fingerprint density at radius 3 is 2.56 bits per heavy atom. The molecule has 94 valence electrons. The van der Waals surface area contributed by atoms with Crippen LogP contribution in [0, 0.1) is 5.92 Å². The molecule has 3 nitrogen and oxygen atoms in total. The van der Waals surface area contributed by atoms with E-state index >= 15 is 0 Å². The quantitative estimate of drug-likeness (QED) is 0.663. The molecule has 1 atom stereocenters. The van der Waals surface area contributed by atoms with Crippen molar-refractivity contribution < 1.29 is 17.9 Å². The molecule has 0 bridgehead atoms. The average molecular weight is 272 g/mol. The van der Waals surface area contributed by atoms with Crippen molar-refractivity contribution in [1.82, 2.24) is 0 Å². The summed E-state index contributed by atoms with van der Waals surface area (Å²) in [6, 6.07) is 5.20. The molecule has 0 radical (unpaired) electrons. The third-order valence-electron chi connectivity index (χ3n) is 2.44. The summed E-state index contributed by atoms with van der Waals surface area (Å²) in [5, 5.41) is 3.87. The van der Waals surface area contributed by atoms with Gasteiger partial charge in [-0.3, -0.25) is 0 Å². The number of alkyl halides is 3. The minimum atomic E-state index is -4.43. The number of benzene rings is 1. The molecule has 0 saturated heterocycles. The normalized spacial score (nSPS) is 18.8. The van der Waals surface area contributed by atoms with Gasteiger partial charge in [-0.1, -0.05) is 29.0 Å². The van der Waals surface area contributed by atoms with E-state index in [4.69, 9.17) is 18.0 Å². The molecular formula is C11H9F3N3S+. The average Bonchev–Trinajstić information content (AvgIpc) is 2.77. The summed E-state index contributed by atoms with van der Waals surface area (Å²) in [4.78, 5) is 0.172. The van der Waals surface area contributed by atoms with Gasteiger partial charge in [0.15, 0.2) is 6.21 Å². The van der Waals surface area contributed by atoms with Gasteiger partial charge in [0.05, 0.1) is 11.2 Å². The fourth-order valence-corrected chi connectivity index (χ4v) is 1.70. The Hall–Kier alpha value is -1.76. The van der Waals surface area contributed by atoms with Crippen molar-refractivity contribution in [2.45, 2.75) is 6.18 Å². The zero-order valence-electron chi connectivity index (χ0n) is 9.06. The maximum atomic E-state index is 12.8. The topological polar surface area (TPSA) is 41.4 Å². The van der Waals surface area contributed by atoms with Crippen LogP contribution in [0.15, 0.2) is 29.4 Å². The summed E-state index contributed by atoms with van der Waals surface area (Å²) in [7, 11) is 0. The second-order valence-corrected chi connectivity index (χ2v) is 4.17. The first-order chi connectivity index (χ1) is 8.39. The molecule has 0 amide bonds. The Bertz CT molecular complexity index is 549. The molecule has 1 aromatic carbocycles. The maximum absolute atomic E-state index is 12.8. The smallest absolute Gasteiger partial charge is 0.392 e. The molecule has 0 fully saturated rings. The van der Waals surface area contributed by atoms with Gasteiger partial charge < -0.3 is 5.73 Å². The van der Waals surface area contributed by atoms with Gasteiger partial charge in [0.2, 0.25) is 5.69 Å². The Labute approximate surface area is 106 Å². The first-order valence-electron chi connectivity index (χ1n) is 5.03. The molecule has 1 aromatic rings.